The highest BCUT2D eigenvalue weighted by Crippen LogP contribution is 2.33. The van der Waals surface area contributed by atoms with Crippen molar-refractivity contribution in [3.05, 3.63) is 57.6 Å². The van der Waals surface area contributed by atoms with Crippen LogP contribution in [0.15, 0.2) is 50.7 Å². The maximum absolute atomic E-state index is 11.3. The summed E-state index contributed by atoms with van der Waals surface area (Å²) < 4.78 is 0.773. The van der Waals surface area contributed by atoms with Crippen LogP contribution in [0, 0.1) is 13.8 Å². The van der Waals surface area contributed by atoms with E-state index in [4.69, 9.17) is 0 Å². The van der Waals surface area contributed by atoms with E-state index in [9.17, 15) is 9.90 Å². The Morgan fingerprint density at radius 1 is 1.11 bits per heavy atom. The number of carbonyl (C=O) groups is 1. The Morgan fingerprint density at radius 2 is 1.84 bits per heavy atom. The fourth-order valence-electron chi connectivity index (χ4n) is 1.66. The summed E-state index contributed by atoms with van der Waals surface area (Å²) in [5.41, 5.74) is 2.76. The van der Waals surface area contributed by atoms with E-state index in [1.807, 2.05) is 18.2 Å². The number of halogens is 1. The van der Waals surface area contributed by atoms with Gasteiger partial charge in [-0.3, -0.25) is 0 Å². The molecule has 0 bridgehead atoms. The van der Waals surface area contributed by atoms with Gasteiger partial charge in [-0.1, -0.05) is 33.8 Å². The first kappa shape index (κ1) is 14.2. The number of carboxylic acid groups (broad SMARTS) is 1. The third kappa shape index (κ3) is 3.39. The molecule has 1 N–H and O–H groups in total. The van der Waals surface area contributed by atoms with E-state index < -0.39 is 5.97 Å². The molecule has 0 heterocycles. The zero-order valence-electron chi connectivity index (χ0n) is 10.6. The van der Waals surface area contributed by atoms with E-state index in [1.165, 1.54) is 22.9 Å². The first-order valence-electron chi connectivity index (χ1n) is 5.75. The monoisotopic (exact) mass is 336 g/mol. The van der Waals surface area contributed by atoms with Crippen molar-refractivity contribution in [2.45, 2.75) is 23.6 Å². The molecular formula is C15H13BrO2S. The molecule has 0 unspecified atom stereocenters. The lowest BCUT2D eigenvalue weighted by molar-refractivity contribution is 0.0693. The Labute approximate surface area is 125 Å². The van der Waals surface area contributed by atoms with Crippen molar-refractivity contribution in [1.82, 2.24) is 0 Å². The van der Waals surface area contributed by atoms with Crippen molar-refractivity contribution in [3.8, 4) is 0 Å². The van der Waals surface area contributed by atoms with Crippen LogP contribution in [0.2, 0.25) is 0 Å². The molecule has 2 aromatic rings. The van der Waals surface area contributed by atoms with Gasteiger partial charge in [0.15, 0.2) is 0 Å². The highest BCUT2D eigenvalue weighted by molar-refractivity contribution is 9.10. The van der Waals surface area contributed by atoms with E-state index in [2.05, 4.69) is 41.9 Å². The molecule has 98 valence electrons. The van der Waals surface area contributed by atoms with Gasteiger partial charge in [0.1, 0.15) is 0 Å². The van der Waals surface area contributed by atoms with Gasteiger partial charge in [0.05, 0.1) is 5.56 Å². The molecule has 0 radical (unpaired) electrons. The predicted molar refractivity (Wildman–Crippen MR) is 81.1 cm³/mol. The van der Waals surface area contributed by atoms with Gasteiger partial charge in [0, 0.05) is 14.3 Å². The Hall–Kier alpha value is -1.26. The van der Waals surface area contributed by atoms with Gasteiger partial charge in [-0.15, -0.1) is 0 Å². The van der Waals surface area contributed by atoms with Crippen LogP contribution in [0.1, 0.15) is 21.5 Å². The van der Waals surface area contributed by atoms with E-state index in [1.54, 1.807) is 6.07 Å². The Bertz CT molecular complexity index is 638. The number of hydrogen-bond acceptors (Lipinski definition) is 2. The molecule has 0 spiro atoms. The number of aromatic carboxylic acids is 1. The molecule has 0 aromatic heterocycles. The summed E-state index contributed by atoms with van der Waals surface area (Å²) in [6.45, 7) is 4.12. The first-order valence-corrected chi connectivity index (χ1v) is 7.36. The van der Waals surface area contributed by atoms with E-state index in [-0.39, 0.29) is 0 Å². The molecular weight excluding hydrogens is 324 g/mol. The van der Waals surface area contributed by atoms with Crippen LogP contribution in [0.4, 0.5) is 0 Å². The van der Waals surface area contributed by atoms with Gasteiger partial charge in [-0.2, -0.15) is 0 Å². The maximum Gasteiger partial charge on any atom is 0.336 e. The molecule has 0 aliphatic carbocycles. The molecule has 0 aliphatic rings. The van der Waals surface area contributed by atoms with Crippen molar-refractivity contribution < 1.29 is 9.90 Å². The van der Waals surface area contributed by atoms with Crippen molar-refractivity contribution in [2.24, 2.45) is 0 Å². The second-order valence-electron chi connectivity index (χ2n) is 4.29. The Morgan fingerprint density at radius 3 is 2.47 bits per heavy atom. The molecule has 2 aromatic carbocycles. The van der Waals surface area contributed by atoms with Crippen molar-refractivity contribution in [2.75, 3.05) is 0 Å². The third-order valence-corrected chi connectivity index (χ3v) is 4.44. The molecule has 2 rings (SSSR count). The Balaban J connectivity index is 2.37. The zero-order valence-corrected chi connectivity index (χ0v) is 13.0. The van der Waals surface area contributed by atoms with Crippen LogP contribution in [-0.2, 0) is 0 Å². The van der Waals surface area contributed by atoms with Gasteiger partial charge in [-0.05, 0) is 55.3 Å². The average molecular weight is 337 g/mol. The Kier molecular flexibility index (Phi) is 4.32. The minimum absolute atomic E-state index is 0.317. The standard InChI is InChI=1S/C15H13BrO2S/c1-9-3-5-12(7-10(9)2)19-14-6-4-11(16)8-13(14)15(17)18/h3-8H,1-2H3,(H,17,18). The van der Waals surface area contributed by atoms with E-state index >= 15 is 0 Å². The summed E-state index contributed by atoms with van der Waals surface area (Å²) in [5, 5.41) is 9.23. The summed E-state index contributed by atoms with van der Waals surface area (Å²) in [6.07, 6.45) is 0. The third-order valence-electron chi connectivity index (χ3n) is 2.88. The van der Waals surface area contributed by atoms with Crippen LogP contribution in [-0.4, -0.2) is 11.1 Å². The molecule has 19 heavy (non-hydrogen) atoms. The van der Waals surface area contributed by atoms with Gasteiger partial charge >= 0.3 is 5.97 Å². The molecule has 0 saturated heterocycles. The van der Waals surface area contributed by atoms with Crippen molar-refractivity contribution >= 4 is 33.7 Å². The first-order chi connectivity index (χ1) is 8.97. The molecule has 2 nitrogen and oxygen atoms in total. The molecule has 0 fully saturated rings. The summed E-state index contributed by atoms with van der Waals surface area (Å²) in [5.74, 6) is -0.910. The second-order valence-corrected chi connectivity index (χ2v) is 6.32. The molecule has 0 saturated carbocycles. The summed E-state index contributed by atoms with van der Waals surface area (Å²) in [6, 6.07) is 11.5. The van der Waals surface area contributed by atoms with Gasteiger partial charge in [-0.25, -0.2) is 4.79 Å². The molecule has 0 atom stereocenters. The summed E-state index contributed by atoms with van der Waals surface area (Å²) in [7, 11) is 0. The summed E-state index contributed by atoms with van der Waals surface area (Å²) >= 11 is 4.77. The van der Waals surface area contributed by atoms with Crippen LogP contribution in [0.25, 0.3) is 0 Å². The highest BCUT2D eigenvalue weighted by Gasteiger charge is 2.12. The van der Waals surface area contributed by atoms with Crippen LogP contribution >= 0.6 is 27.7 Å². The van der Waals surface area contributed by atoms with Crippen molar-refractivity contribution in [3.63, 3.8) is 0 Å². The number of benzene rings is 2. The summed E-state index contributed by atoms with van der Waals surface area (Å²) in [4.78, 5) is 13.0. The fourth-order valence-corrected chi connectivity index (χ4v) is 3.04. The lowest BCUT2D eigenvalue weighted by Crippen LogP contribution is -1.98. The van der Waals surface area contributed by atoms with Gasteiger partial charge in [0.2, 0.25) is 0 Å². The topological polar surface area (TPSA) is 37.3 Å². The molecule has 0 amide bonds. The molecule has 4 heteroatoms. The smallest absolute Gasteiger partial charge is 0.336 e. The van der Waals surface area contributed by atoms with Crippen molar-refractivity contribution in [1.29, 1.82) is 0 Å². The largest absolute Gasteiger partial charge is 0.478 e. The van der Waals surface area contributed by atoms with E-state index in [0.717, 1.165) is 14.3 Å². The SMILES string of the molecule is Cc1ccc(Sc2ccc(Br)cc2C(=O)O)cc1C. The van der Waals surface area contributed by atoms with Crippen LogP contribution < -0.4 is 0 Å². The second kappa shape index (κ2) is 5.80. The minimum Gasteiger partial charge on any atom is -0.478 e. The average Bonchev–Trinajstić information content (AvgIpc) is 2.36. The lowest BCUT2D eigenvalue weighted by Gasteiger charge is -2.08. The van der Waals surface area contributed by atoms with Crippen LogP contribution in [0.5, 0.6) is 0 Å². The van der Waals surface area contributed by atoms with Crippen LogP contribution in [0.3, 0.4) is 0 Å². The zero-order chi connectivity index (χ0) is 14.0. The lowest BCUT2D eigenvalue weighted by atomic mass is 10.1. The van der Waals surface area contributed by atoms with Gasteiger partial charge in [0.25, 0.3) is 0 Å². The van der Waals surface area contributed by atoms with E-state index in [0.29, 0.717) is 5.56 Å². The number of carboxylic acids is 1. The maximum atomic E-state index is 11.3. The number of aryl methyl sites for hydroxylation is 2. The minimum atomic E-state index is -0.910. The quantitative estimate of drug-likeness (QED) is 0.864. The normalized spacial score (nSPS) is 10.5. The predicted octanol–water partition coefficient (Wildman–Crippen LogP) is 4.92. The fraction of sp³-hybridized carbons (Fsp3) is 0.133. The molecule has 0 aliphatic heterocycles. The highest BCUT2D eigenvalue weighted by atomic mass is 79.9. The number of hydrogen-bond donors (Lipinski definition) is 1. The number of rotatable bonds is 3. The van der Waals surface area contributed by atoms with Gasteiger partial charge < -0.3 is 5.11 Å².